The van der Waals surface area contributed by atoms with Crippen LogP contribution in [0, 0.1) is 0 Å². The first-order valence-corrected chi connectivity index (χ1v) is 11.0. The zero-order valence-electron chi connectivity index (χ0n) is 19.1. The third kappa shape index (κ3) is 7.09. The van der Waals surface area contributed by atoms with Gasteiger partial charge in [-0.25, -0.2) is 9.59 Å². The van der Waals surface area contributed by atoms with Crippen LogP contribution in [0.3, 0.4) is 0 Å². The number of hydrogen-bond acceptors (Lipinski definition) is 7. The minimum Gasteiger partial charge on any atom is -0.493 e. The molecule has 1 aliphatic heterocycles. The number of benzene rings is 2. The highest BCUT2D eigenvalue weighted by molar-refractivity contribution is 9.10. The van der Waals surface area contributed by atoms with Gasteiger partial charge in [-0.05, 0) is 23.8 Å². The van der Waals surface area contributed by atoms with E-state index >= 15 is 0 Å². The number of carbonyl (C=O) groups excluding carboxylic acids is 1. The standard InChI is InChI=1S/C21H25BrN2O4.C2H2O4/c1-26-18-12-16(13-19(27-2)20(18)28-3)21(25)24-10-8-23(9-11-24)14-15-6-4-5-7-17(15)22;3-1(4)2(5)6/h4-7,12-13H,8-11,14H2,1-3H3;(H,3,4)(H,5,6). The van der Waals surface area contributed by atoms with Crippen molar-refractivity contribution in [3.63, 3.8) is 0 Å². The van der Waals surface area contributed by atoms with Crippen LogP contribution in [0.25, 0.3) is 0 Å². The van der Waals surface area contributed by atoms with Crippen LogP contribution >= 0.6 is 15.9 Å². The minimum absolute atomic E-state index is 0.0280. The summed E-state index contributed by atoms with van der Waals surface area (Å²) < 4.78 is 17.2. The number of aliphatic carboxylic acids is 2. The smallest absolute Gasteiger partial charge is 0.414 e. The van der Waals surface area contributed by atoms with E-state index in [1.54, 1.807) is 33.5 Å². The normalized spacial score (nSPS) is 13.4. The predicted molar refractivity (Wildman–Crippen MR) is 127 cm³/mol. The number of ether oxygens (including phenoxy) is 3. The first-order valence-electron chi connectivity index (χ1n) is 10.2. The Hall–Kier alpha value is -3.31. The Bertz CT molecular complexity index is 985. The van der Waals surface area contributed by atoms with Crippen molar-refractivity contribution in [1.29, 1.82) is 0 Å². The van der Waals surface area contributed by atoms with E-state index < -0.39 is 11.9 Å². The number of nitrogens with zero attached hydrogens (tertiary/aromatic N) is 2. The van der Waals surface area contributed by atoms with Crippen LogP contribution in [0.5, 0.6) is 17.2 Å². The first kappa shape index (κ1) is 26.9. The molecule has 11 heteroatoms. The van der Waals surface area contributed by atoms with E-state index in [1.807, 2.05) is 17.0 Å². The molecule has 0 aromatic heterocycles. The van der Waals surface area contributed by atoms with Crippen molar-refractivity contribution in [3.8, 4) is 17.2 Å². The van der Waals surface area contributed by atoms with Crippen molar-refractivity contribution < 1.29 is 38.8 Å². The molecule has 2 N–H and O–H groups in total. The van der Waals surface area contributed by atoms with E-state index in [-0.39, 0.29) is 5.91 Å². The van der Waals surface area contributed by atoms with Gasteiger partial charge in [0.1, 0.15) is 0 Å². The third-order valence-electron chi connectivity index (χ3n) is 5.11. The molecule has 0 bridgehead atoms. The molecule has 0 spiro atoms. The molecular formula is C23H27BrN2O8. The van der Waals surface area contributed by atoms with E-state index in [4.69, 9.17) is 34.0 Å². The third-order valence-corrected chi connectivity index (χ3v) is 5.88. The van der Waals surface area contributed by atoms with Gasteiger partial charge in [-0.2, -0.15) is 0 Å². The van der Waals surface area contributed by atoms with Gasteiger partial charge in [0.05, 0.1) is 21.3 Å². The van der Waals surface area contributed by atoms with E-state index in [9.17, 15) is 4.79 Å². The van der Waals surface area contributed by atoms with E-state index in [1.165, 1.54) is 5.56 Å². The molecule has 1 heterocycles. The molecule has 0 aliphatic carbocycles. The van der Waals surface area contributed by atoms with Gasteiger partial charge in [0, 0.05) is 42.8 Å². The molecule has 10 nitrogen and oxygen atoms in total. The Balaban J connectivity index is 0.000000604. The Morgan fingerprint density at radius 1 is 0.882 bits per heavy atom. The van der Waals surface area contributed by atoms with E-state index in [2.05, 4.69) is 33.0 Å². The Kier molecular flexibility index (Phi) is 10.1. The molecule has 0 saturated carbocycles. The quantitative estimate of drug-likeness (QED) is 0.533. The zero-order chi connectivity index (χ0) is 25.3. The fourth-order valence-corrected chi connectivity index (χ4v) is 3.77. The molecule has 34 heavy (non-hydrogen) atoms. The van der Waals surface area contributed by atoms with E-state index in [0.29, 0.717) is 35.9 Å². The minimum atomic E-state index is -1.82. The summed E-state index contributed by atoms with van der Waals surface area (Å²) in [6.45, 7) is 3.89. The van der Waals surface area contributed by atoms with Gasteiger partial charge < -0.3 is 29.3 Å². The highest BCUT2D eigenvalue weighted by Gasteiger charge is 2.25. The molecule has 0 radical (unpaired) electrons. The average molecular weight is 539 g/mol. The summed E-state index contributed by atoms with van der Waals surface area (Å²) in [5.74, 6) is -2.22. The second-order valence-corrected chi connectivity index (χ2v) is 8.04. The van der Waals surface area contributed by atoms with Crippen molar-refractivity contribution in [2.45, 2.75) is 6.54 Å². The lowest BCUT2D eigenvalue weighted by Gasteiger charge is -2.35. The average Bonchev–Trinajstić information content (AvgIpc) is 2.84. The van der Waals surface area contributed by atoms with Crippen LogP contribution in [-0.2, 0) is 16.1 Å². The van der Waals surface area contributed by atoms with Gasteiger partial charge in [-0.1, -0.05) is 34.1 Å². The van der Waals surface area contributed by atoms with Gasteiger partial charge in [-0.3, -0.25) is 9.69 Å². The molecule has 1 amide bonds. The molecule has 184 valence electrons. The molecule has 1 aliphatic rings. The Morgan fingerprint density at radius 2 is 1.41 bits per heavy atom. The second-order valence-electron chi connectivity index (χ2n) is 7.18. The molecule has 1 fully saturated rings. The van der Waals surface area contributed by atoms with Crippen molar-refractivity contribution in [2.75, 3.05) is 47.5 Å². The molecule has 0 atom stereocenters. The largest absolute Gasteiger partial charge is 0.493 e. The lowest BCUT2D eigenvalue weighted by Crippen LogP contribution is -2.48. The zero-order valence-corrected chi connectivity index (χ0v) is 20.7. The van der Waals surface area contributed by atoms with Gasteiger partial charge in [0.2, 0.25) is 5.75 Å². The van der Waals surface area contributed by atoms with Gasteiger partial charge in [0.15, 0.2) is 11.5 Å². The van der Waals surface area contributed by atoms with Crippen LogP contribution in [0.15, 0.2) is 40.9 Å². The van der Waals surface area contributed by atoms with Crippen LogP contribution in [-0.4, -0.2) is 85.4 Å². The van der Waals surface area contributed by atoms with Crippen LogP contribution in [0.1, 0.15) is 15.9 Å². The monoisotopic (exact) mass is 538 g/mol. The molecule has 3 rings (SSSR count). The number of carboxylic acid groups (broad SMARTS) is 2. The summed E-state index contributed by atoms with van der Waals surface area (Å²) in [5.41, 5.74) is 1.79. The van der Waals surface area contributed by atoms with Crippen molar-refractivity contribution in [3.05, 3.63) is 52.0 Å². The lowest BCUT2D eigenvalue weighted by atomic mass is 10.1. The maximum absolute atomic E-state index is 13.0. The molecule has 0 unspecified atom stereocenters. The Morgan fingerprint density at radius 3 is 1.85 bits per heavy atom. The molecular weight excluding hydrogens is 512 g/mol. The van der Waals surface area contributed by atoms with Gasteiger partial charge in [-0.15, -0.1) is 0 Å². The van der Waals surface area contributed by atoms with Crippen molar-refractivity contribution in [1.82, 2.24) is 9.80 Å². The SMILES string of the molecule is COc1cc(C(=O)N2CCN(Cc3ccccc3Br)CC2)cc(OC)c1OC.O=C(O)C(=O)O. The maximum Gasteiger partial charge on any atom is 0.414 e. The van der Waals surface area contributed by atoms with Gasteiger partial charge in [0.25, 0.3) is 5.91 Å². The summed E-state index contributed by atoms with van der Waals surface area (Å²) in [5, 5.41) is 14.8. The van der Waals surface area contributed by atoms with E-state index in [0.717, 1.165) is 24.1 Å². The molecule has 1 saturated heterocycles. The summed E-state index contributed by atoms with van der Waals surface area (Å²) in [6, 6.07) is 11.7. The summed E-state index contributed by atoms with van der Waals surface area (Å²) in [6.07, 6.45) is 0. The fraction of sp³-hybridized carbons (Fsp3) is 0.348. The number of halogens is 1. The molecule has 2 aromatic carbocycles. The lowest BCUT2D eigenvalue weighted by molar-refractivity contribution is -0.159. The number of carbonyl (C=O) groups is 3. The number of methoxy groups -OCH3 is 3. The van der Waals surface area contributed by atoms with Crippen molar-refractivity contribution in [2.24, 2.45) is 0 Å². The van der Waals surface area contributed by atoms with Gasteiger partial charge >= 0.3 is 11.9 Å². The summed E-state index contributed by atoms with van der Waals surface area (Å²) in [4.78, 5) is 35.4. The number of rotatable bonds is 6. The first-order chi connectivity index (χ1) is 16.2. The second kappa shape index (κ2) is 12.8. The highest BCUT2D eigenvalue weighted by Crippen LogP contribution is 2.38. The molecule has 2 aromatic rings. The summed E-state index contributed by atoms with van der Waals surface area (Å²) >= 11 is 3.60. The van der Waals surface area contributed by atoms with Crippen LogP contribution in [0.2, 0.25) is 0 Å². The van der Waals surface area contributed by atoms with Crippen molar-refractivity contribution >= 4 is 33.8 Å². The topological polar surface area (TPSA) is 126 Å². The number of hydrogen-bond donors (Lipinski definition) is 2. The highest BCUT2D eigenvalue weighted by atomic mass is 79.9. The van der Waals surface area contributed by atoms with Crippen LogP contribution < -0.4 is 14.2 Å². The maximum atomic E-state index is 13.0. The summed E-state index contributed by atoms with van der Waals surface area (Å²) in [7, 11) is 4.64. The Labute approximate surface area is 205 Å². The van der Waals surface area contributed by atoms with Crippen LogP contribution in [0.4, 0.5) is 0 Å². The predicted octanol–water partition coefficient (Wildman–Crippen LogP) is 2.59. The fourth-order valence-electron chi connectivity index (χ4n) is 3.36. The number of amides is 1. The number of piperazine rings is 1. The number of carboxylic acids is 2.